The van der Waals surface area contributed by atoms with Crippen molar-refractivity contribution in [3.8, 4) is 11.4 Å². The third-order valence-corrected chi connectivity index (χ3v) is 4.45. The van der Waals surface area contributed by atoms with Gasteiger partial charge in [0.1, 0.15) is 5.82 Å². The van der Waals surface area contributed by atoms with E-state index in [-0.39, 0.29) is 11.7 Å². The Morgan fingerprint density at radius 2 is 2.10 bits per heavy atom. The highest BCUT2D eigenvalue weighted by molar-refractivity contribution is 5.59. The predicted octanol–water partition coefficient (Wildman–Crippen LogP) is 3.06. The van der Waals surface area contributed by atoms with E-state index in [4.69, 9.17) is 5.73 Å². The summed E-state index contributed by atoms with van der Waals surface area (Å²) in [6.45, 7) is 4.51. The summed E-state index contributed by atoms with van der Waals surface area (Å²) in [4.78, 5) is 0. The smallest absolute Gasteiger partial charge is 0.182 e. The summed E-state index contributed by atoms with van der Waals surface area (Å²) in [5.74, 6) is 1.42. The van der Waals surface area contributed by atoms with E-state index in [1.54, 1.807) is 12.1 Å². The number of hydrogen-bond acceptors (Lipinski definition) is 4. The predicted molar refractivity (Wildman–Crippen MR) is 78.8 cm³/mol. The maximum atomic E-state index is 13.7. The maximum Gasteiger partial charge on any atom is 0.182 e. The Morgan fingerprint density at radius 3 is 2.81 bits per heavy atom. The number of nitrogen functional groups attached to an aromatic ring is 1. The van der Waals surface area contributed by atoms with Crippen molar-refractivity contribution in [2.75, 3.05) is 5.73 Å². The molecule has 5 nitrogen and oxygen atoms in total. The molecule has 0 radical (unpaired) electrons. The molecule has 1 heterocycles. The monoisotopic (exact) mass is 289 g/mol. The number of nitrogens with zero attached hydrogens (tertiary/aromatic N) is 4. The molecule has 0 aliphatic heterocycles. The largest absolute Gasteiger partial charge is 0.396 e. The van der Waals surface area contributed by atoms with Gasteiger partial charge in [-0.1, -0.05) is 13.8 Å². The first-order chi connectivity index (χ1) is 10.1. The average molecular weight is 289 g/mol. The van der Waals surface area contributed by atoms with Crippen molar-refractivity contribution in [3.63, 3.8) is 0 Å². The van der Waals surface area contributed by atoms with E-state index >= 15 is 0 Å². The van der Waals surface area contributed by atoms with Gasteiger partial charge in [-0.05, 0) is 59.7 Å². The lowest BCUT2D eigenvalue weighted by Crippen LogP contribution is -2.26. The summed E-state index contributed by atoms with van der Waals surface area (Å²) in [6, 6.07) is 4.98. The molecule has 1 aliphatic rings. The third kappa shape index (κ3) is 2.62. The average Bonchev–Trinajstić information content (AvgIpc) is 2.91. The zero-order valence-corrected chi connectivity index (χ0v) is 12.3. The Balaban J connectivity index is 1.95. The lowest BCUT2D eigenvalue weighted by molar-refractivity contribution is 0.194. The number of tetrazole rings is 1. The van der Waals surface area contributed by atoms with Crippen molar-refractivity contribution in [1.82, 2.24) is 20.2 Å². The van der Waals surface area contributed by atoms with Crippen LogP contribution in [0, 0.1) is 17.7 Å². The van der Waals surface area contributed by atoms with Crippen molar-refractivity contribution in [3.05, 3.63) is 24.0 Å². The molecule has 6 heteroatoms. The van der Waals surface area contributed by atoms with E-state index in [1.165, 1.54) is 18.9 Å². The first-order valence-electron chi connectivity index (χ1n) is 7.39. The molecule has 0 bridgehead atoms. The van der Waals surface area contributed by atoms with Crippen molar-refractivity contribution in [2.24, 2.45) is 11.8 Å². The Morgan fingerprint density at radius 1 is 1.29 bits per heavy atom. The van der Waals surface area contributed by atoms with E-state index in [1.807, 2.05) is 4.68 Å². The minimum absolute atomic E-state index is 0.137. The second-order valence-corrected chi connectivity index (χ2v) is 6.15. The second-order valence-electron chi connectivity index (χ2n) is 6.15. The number of rotatable bonds is 2. The molecule has 3 rings (SSSR count). The molecule has 1 aromatic heterocycles. The van der Waals surface area contributed by atoms with Gasteiger partial charge in [0.25, 0.3) is 0 Å². The Labute approximate surface area is 123 Å². The quantitative estimate of drug-likeness (QED) is 0.863. The zero-order valence-electron chi connectivity index (χ0n) is 12.3. The summed E-state index contributed by atoms with van der Waals surface area (Å²) in [5.41, 5.74) is 6.33. The standard InChI is InChI=1S/C15H20FN5/c1-9-3-6-14(10(2)7-9)21-15(18-19-20-21)11-4-5-13(17)12(16)8-11/h4-5,8-10,14H,3,6-7,17H2,1-2H3. The molecule has 1 aromatic carbocycles. The van der Waals surface area contributed by atoms with Gasteiger partial charge in [0, 0.05) is 5.56 Å². The SMILES string of the molecule is CC1CCC(n2nnnc2-c2ccc(N)c(F)c2)C(C)C1. The molecule has 21 heavy (non-hydrogen) atoms. The Hall–Kier alpha value is -1.98. The zero-order chi connectivity index (χ0) is 15.0. The topological polar surface area (TPSA) is 69.6 Å². The maximum absolute atomic E-state index is 13.7. The van der Waals surface area contributed by atoms with E-state index in [2.05, 4.69) is 29.4 Å². The van der Waals surface area contributed by atoms with Gasteiger partial charge in [0.2, 0.25) is 0 Å². The lowest BCUT2D eigenvalue weighted by Gasteiger charge is -2.32. The van der Waals surface area contributed by atoms with E-state index in [9.17, 15) is 4.39 Å². The number of halogens is 1. The van der Waals surface area contributed by atoms with Gasteiger partial charge in [-0.25, -0.2) is 9.07 Å². The van der Waals surface area contributed by atoms with Gasteiger partial charge in [-0.2, -0.15) is 0 Å². The summed E-state index contributed by atoms with van der Waals surface area (Å²) >= 11 is 0. The highest BCUT2D eigenvalue weighted by Crippen LogP contribution is 2.37. The molecule has 112 valence electrons. The summed E-state index contributed by atoms with van der Waals surface area (Å²) in [5, 5.41) is 12.0. The van der Waals surface area contributed by atoms with Crippen LogP contribution in [-0.4, -0.2) is 20.2 Å². The van der Waals surface area contributed by atoms with E-state index in [0.717, 1.165) is 12.3 Å². The van der Waals surface area contributed by atoms with Crippen LogP contribution in [0.25, 0.3) is 11.4 Å². The minimum Gasteiger partial charge on any atom is -0.396 e. The Kier molecular flexibility index (Phi) is 3.61. The molecular weight excluding hydrogens is 269 g/mol. The van der Waals surface area contributed by atoms with Crippen LogP contribution in [-0.2, 0) is 0 Å². The number of anilines is 1. The van der Waals surface area contributed by atoms with Crippen LogP contribution in [0.5, 0.6) is 0 Å². The normalized spacial score (nSPS) is 26.0. The van der Waals surface area contributed by atoms with Crippen LogP contribution in [0.1, 0.15) is 39.2 Å². The molecular formula is C15H20FN5. The molecule has 2 N–H and O–H groups in total. The highest BCUT2D eigenvalue weighted by Gasteiger charge is 2.29. The number of nitrogens with two attached hydrogens (primary N) is 1. The van der Waals surface area contributed by atoms with Crippen LogP contribution in [0.2, 0.25) is 0 Å². The van der Waals surface area contributed by atoms with Crippen molar-refractivity contribution < 1.29 is 4.39 Å². The number of hydrogen-bond donors (Lipinski definition) is 1. The fraction of sp³-hybridized carbons (Fsp3) is 0.533. The fourth-order valence-corrected chi connectivity index (χ4v) is 3.29. The molecule has 3 atom stereocenters. The lowest BCUT2D eigenvalue weighted by atomic mass is 9.80. The first-order valence-corrected chi connectivity index (χ1v) is 7.39. The van der Waals surface area contributed by atoms with Gasteiger partial charge in [-0.15, -0.1) is 5.10 Å². The first kappa shape index (κ1) is 14.0. The minimum atomic E-state index is -0.438. The van der Waals surface area contributed by atoms with Gasteiger partial charge in [0.05, 0.1) is 11.7 Å². The molecule has 0 spiro atoms. The summed E-state index contributed by atoms with van der Waals surface area (Å²) in [6.07, 6.45) is 3.39. The van der Waals surface area contributed by atoms with Crippen LogP contribution in [0.3, 0.4) is 0 Å². The van der Waals surface area contributed by atoms with Crippen molar-refractivity contribution in [1.29, 1.82) is 0 Å². The molecule has 1 aliphatic carbocycles. The van der Waals surface area contributed by atoms with Crippen LogP contribution in [0.4, 0.5) is 10.1 Å². The fourth-order valence-electron chi connectivity index (χ4n) is 3.29. The summed E-state index contributed by atoms with van der Waals surface area (Å²) in [7, 11) is 0. The molecule has 1 fully saturated rings. The van der Waals surface area contributed by atoms with Gasteiger partial charge in [0.15, 0.2) is 5.82 Å². The van der Waals surface area contributed by atoms with Gasteiger partial charge < -0.3 is 5.73 Å². The molecule has 0 saturated heterocycles. The summed E-state index contributed by atoms with van der Waals surface area (Å²) < 4.78 is 15.5. The van der Waals surface area contributed by atoms with E-state index < -0.39 is 5.82 Å². The van der Waals surface area contributed by atoms with Crippen LogP contribution < -0.4 is 5.73 Å². The Bertz CT molecular complexity index is 639. The van der Waals surface area contributed by atoms with Crippen LogP contribution in [0.15, 0.2) is 18.2 Å². The van der Waals surface area contributed by atoms with Crippen molar-refractivity contribution >= 4 is 5.69 Å². The highest BCUT2D eigenvalue weighted by atomic mass is 19.1. The van der Waals surface area contributed by atoms with Crippen LogP contribution >= 0.6 is 0 Å². The number of benzene rings is 1. The second kappa shape index (κ2) is 5.42. The molecule has 2 aromatic rings. The molecule has 3 unspecified atom stereocenters. The molecule has 1 saturated carbocycles. The van der Waals surface area contributed by atoms with Gasteiger partial charge in [-0.3, -0.25) is 0 Å². The molecule has 0 amide bonds. The third-order valence-electron chi connectivity index (χ3n) is 4.45. The van der Waals surface area contributed by atoms with Gasteiger partial charge >= 0.3 is 0 Å². The number of aromatic nitrogens is 4. The van der Waals surface area contributed by atoms with Crippen molar-refractivity contribution in [2.45, 2.75) is 39.2 Å². The van der Waals surface area contributed by atoms with E-state index in [0.29, 0.717) is 17.3 Å².